The molecule has 0 bridgehead atoms. The minimum absolute atomic E-state index is 0.0224. The second kappa shape index (κ2) is 60.2. The molecule has 0 aliphatic rings. The van der Waals surface area contributed by atoms with Gasteiger partial charge >= 0.3 is 5.97 Å². The molecule has 0 aromatic heterocycles. The van der Waals surface area contributed by atoms with E-state index in [1.807, 2.05) is 6.08 Å². The van der Waals surface area contributed by atoms with E-state index in [9.17, 15) is 19.8 Å². The normalized spacial score (nSPS) is 12.6. The topological polar surface area (TPSA) is 95.9 Å². The van der Waals surface area contributed by atoms with Crippen LogP contribution in [0, 0.1) is 0 Å². The number of ether oxygens (including phenoxy) is 1. The molecule has 0 saturated heterocycles. The molecule has 2 unspecified atom stereocenters. The Bertz CT molecular complexity index is 1050. The first-order chi connectivity index (χ1) is 34.5. The van der Waals surface area contributed by atoms with Gasteiger partial charge < -0.3 is 20.3 Å². The Morgan fingerprint density at radius 3 is 0.971 bits per heavy atom. The van der Waals surface area contributed by atoms with Gasteiger partial charge in [-0.3, -0.25) is 9.59 Å². The molecule has 0 radical (unpaired) electrons. The highest BCUT2D eigenvalue weighted by Crippen LogP contribution is 2.18. The Labute approximate surface area is 438 Å². The second-order valence-electron chi connectivity index (χ2n) is 22.1. The van der Waals surface area contributed by atoms with Crippen LogP contribution in [0.5, 0.6) is 0 Å². The van der Waals surface area contributed by atoms with E-state index in [0.29, 0.717) is 19.4 Å². The van der Waals surface area contributed by atoms with Crippen molar-refractivity contribution in [3.8, 4) is 0 Å². The number of amides is 1. The number of nitrogens with one attached hydrogen (secondary N) is 1. The van der Waals surface area contributed by atoms with Crippen molar-refractivity contribution in [2.45, 2.75) is 373 Å². The van der Waals surface area contributed by atoms with Crippen molar-refractivity contribution in [3.63, 3.8) is 0 Å². The summed E-state index contributed by atoms with van der Waals surface area (Å²) in [5, 5.41) is 23.0. The van der Waals surface area contributed by atoms with Crippen molar-refractivity contribution in [1.82, 2.24) is 5.32 Å². The summed E-state index contributed by atoms with van der Waals surface area (Å²) >= 11 is 0. The Morgan fingerprint density at radius 2 is 0.657 bits per heavy atom. The van der Waals surface area contributed by atoms with Crippen molar-refractivity contribution in [1.29, 1.82) is 0 Å². The average molecular weight is 989 g/mol. The van der Waals surface area contributed by atoms with Gasteiger partial charge in [-0.1, -0.05) is 328 Å². The summed E-state index contributed by atoms with van der Waals surface area (Å²) in [4.78, 5) is 24.5. The quantitative estimate of drug-likeness (QED) is 0.0321. The molecule has 0 aromatic rings. The predicted molar refractivity (Wildman–Crippen MR) is 306 cm³/mol. The maximum absolute atomic E-state index is 12.4. The lowest BCUT2D eigenvalue weighted by atomic mass is 10.0. The molecule has 0 heterocycles. The molecule has 3 N–H and O–H groups in total. The van der Waals surface area contributed by atoms with Gasteiger partial charge in [0.2, 0.25) is 5.91 Å². The lowest BCUT2D eigenvalue weighted by molar-refractivity contribution is -0.143. The third-order valence-corrected chi connectivity index (χ3v) is 15.1. The number of esters is 1. The van der Waals surface area contributed by atoms with Crippen LogP contribution < -0.4 is 5.32 Å². The third-order valence-electron chi connectivity index (χ3n) is 15.1. The van der Waals surface area contributed by atoms with Gasteiger partial charge in [-0.2, -0.15) is 0 Å². The average Bonchev–Trinajstić information content (AvgIpc) is 3.36. The number of allylic oxidation sites excluding steroid dienone is 1. The van der Waals surface area contributed by atoms with E-state index in [2.05, 4.69) is 19.2 Å². The summed E-state index contributed by atoms with van der Waals surface area (Å²) in [5.41, 5.74) is 0. The summed E-state index contributed by atoms with van der Waals surface area (Å²) in [6.45, 7) is 4.91. The van der Waals surface area contributed by atoms with Crippen LogP contribution in [0.3, 0.4) is 0 Å². The zero-order valence-corrected chi connectivity index (χ0v) is 47.5. The van der Waals surface area contributed by atoms with Crippen LogP contribution in [0.4, 0.5) is 0 Å². The van der Waals surface area contributed by atoms with E-state index in [4.69, 9.17) is 4.74 Å². The standard InChI is InChI=1S/C64H125NO5/c1-3-5-7-9-11-13-14-15-16-32-35-38-42-46-50-54-58-64(69)70-59-55-51-47-43-39-36-33-30-28-26-24-22-20-18-17-19-21-23-25-27-29-31-34-37-41-45-49-53-57-63(68)65-61(60-66)62(67)56-52-48-44-40-12-10-8-6-4-2/h52,56,61-62,66-67H,3-51,53-55,57-60H2,1-2H3,(H,65,68)/b56-52+. The molecule has 0 fully saturated rings. The van der Waals surface area contributed by atoms with Crippen LogP contribution >= 0.6 is 0 Å². The molecular weight excluding hydrogens is 863 g/mol. The van der Waals surface area contributed by atoms with E-state index in [-0.39, 0.29) is 18.5 Å². The number of hydrogen-bond acceptors (Lipinski definition) is 5. The zero-order chi connectivity index (χ0) is 50.7. The minimum Gasteiger partial charge on any atom is -0.466 e. The monoisotopic (exact) mass is 988 g/mol. The molecule has 0 rings (SSSR count). The number of rotatable bonds is 60. The Balaban J connectivity index is 3.30. The van der Waals surface area contributed by atoms with E-state index < -0.39 is 12.1 Å². The van der Waals surface area contributed by atoms with Crippen LogP contribution in [-0.2, 0) is 14.3 Å². The van der Waals surface area contributed by atoms with Crippen molar-refractivity contribution in [2.24, 2.45) is 0 Å². The summed E-state index contributed by atoms with van der Waals surface area (Å²) in [7, 11) is 0. The van der Waals surface area contributed by atoms with Gasteiger partial charge in [0, 0.05) is 12.8 Å². The first-order valence-electron chi connectivity index (χ1n) is 32.0. The molecule has 1 amide bonds. The highest BCUT2D eigenvalue weighted by atomic mass is 16.5. The summed E-state index contributed by atoms with van der Waals surface area (Å²) in [6.07, 6.45) is 72.8. The molecule has 6 heteroatoms. The maximum Gasteiger partial charge on any atom is 0.305 e. The summed E-state index contributed by atoms with van der Waals surface area (Å²) in [5.74, 6) is -0.0436. The molecule has 0 spiro atoms. The maximum atomic E-state index is 12.4. The molecule has 2 atom stereocenters. The molecule has 416 valence electrons. The fourth-order valence-electron chi connectivity index (χ4n) is 10.2. The van der Waals surface area contributed by atoms with Gasteiger partial charge in [0.15, 0.2) is 0 Å². The largest absolute Gasteiger partial charge is 0.466 e. The Hall–Kier alpha value is -1.40. The van der Waals surface area contributed by atoms with Crippen molar-refractivity contribution in [3.05, 3.63) is 12.2 Å². The van der Waals surface area contributed by atoms with Crippen LogP contribution in [0.15, 0.2) is 12.2 Å². The number of carbonyl (C=O) groups is 2. The van der Waals surface area contributed by atoms with E-state index in [1.54, 1.807) is 6.08 Å². The van der Waals surface area contributed by atoms with E-state index in [0.717, 1.165) is 38.5 Å². The minimum atomic E-state index is -0.839. The number of aliphatic hydroxyl groups is 2. The number of hydrogen-bond donors (Lipinski definition) is 3. The molecule has 0 aliphatic carbocycles. The van der Waals surface area contributed by atoms with Gasteiger partial charge in [-0.05, 0) is 32.1 Å². The van der Waals surface area contributed by atoms with Crippen LogP contribution in [-0.4, -0.2) is 47.4 Å². The number of unbranched alkanes of at least 4 members (excludes halogenated alkanes) is 49. The van der Waals surface area contributed by atoms with Gasteiger partial charge in [0.1, 0.15) is 0 Å². The fourth-order valence-corrected chi connectivity index (χ4v) is 10.2. The van der Waals surface area contributed by atoms with Crippen LogP contribution in [0.25, 0.3) is 0 Å². The molecule has 0 saturated carbocycles. The molecule has 6 nitrogen and oxygen atoms in total. The van der Waals surface area contributed by atoms with Crippen LogP contribution in [0.1, 0.15) is 361 Å². The molecule has 0 aliphatic heterocycles. The van der Waals surface area contributed by atoms with E-state index >= 15 is 0 Å². The molecule has 70 heavy (non-hydrogen) atoms. The van der Waals surface area contributed by atoms with Gasteiger partial charge in [0.25, 0.3) is 0 Å². The highest BCUT2D eigenvalue weighted by molar-refractivity contribution is 5.76. The van der Waals surface area contributed by atoms with E-state index in [1.165, 1.54) is 295 Å². The predicted octanol–water partition coefficient (Wildman–Crippen LogP) is 20.0. The molecule has 0 aromatic carbocycles. The lowest BCUT2D eigenvalue weighted by Gasteiger charge is -2.20. The second-order valence-corrected chi connectivity index (χ2v) is 22.1. The van der Waals surface area contributed by atoms with Gasteiger partial charge in [-0.15, -0.1) is 0 Å². The Kier molecular flexibility index (Phi) is 59.0. The fraction of sp³-hybridized carbons (Fsp3) is 0.938. The zero-order valence-electron chi connectivity index (χ0n) is 47.5. The van der Waals surface area contributed by atoms with Crippen molar-refractivity contribution >= 4 is 11.9 Å². The number of carbonyl (C=O) groups excluding carboxylic acids is 2. The van der Waals surface area contributed by atoms with Crippen molar-refractivity contribution < 1.29 is 24.5 Å². The molecular formula is C64H125NO5. The summed E-state index contributed by atoms with van der Waals surface area (Å²) < 4.78 is 5.50. The Morgan fingerprint density at radius 1 is 0.386 bits per heavy atom. The van der Waals surface area contributed by atoms with Gasteiger partial charge in [-0.25, -0.2) is 0 Å². The first kappa shape index (κ1) is 68.6. The lowest BCUT2D eigenvalue weighted by Crippen LogP contribution is -2.45. The smallest absolute Gasteiger partial charge is 0.305 e. The van der Waals surface area contributed by atoms with Crippen LogP contribution in [0.2, 0.25) is 0 Å². The van der Waals surface area contributed by atoms with Crippen molar-refractivity contribution in [2.75, 3.05) is 13.2 Å². The third kappa shape index (κ3) is 55.9. The summed E-state index contributed by atoms with van der Waals surface area (Å²) in [6, 6.07) is -0.622. The number of aliphatic hydroxyl groups excluding tert-OH is 2. The SMILES string of the molecule is CCCCCCCCC/C=C/C(O)C(CO)NC(=O)CCCCCCCCCCCCCCCCCCCCCCCCCCCCCCOC(=O)CCCCCCCCCCCCCCCCCC. The highest BCUT2D eigenvalue weighted by Gasteiger charge is 2.18. The first-order valence-corrected chi connectivity index (χ1v) is 32.0. The van der Waals surface area contributed by atoms with Gasteiger partial charge in [0.05, 0.1) is 25.4 Å².